The van der Waals surface area contributed by atoms with Gasteiger partial charge in [0.1, 0.15) is 5.75 Å². The third-order valence-electron chi connectivity index (χ3n) is 3.76. The van der Waals surface area contributed by atoms with Crippen LogP contribution in [0.25, 0.3) is 0 Å². The van der Waals surface area contributed by atoms with Crippen LogP contribution < -0.4 is 15.8 Å². The molecule has 0 aliphatic heterocycles. The van der Waals surface area contributed by atoms with Crippen molar-refractivity contribution in [1.29, 1.82) is 0 Å². The van der Waals surface area contributed by atoms with E-state index in [1.807, 2.05) is 43.3 Å². The molecule has 4 nitrogen and oxygen atoms in total. The molecule has 5 heteroatoms. The highest BCUT2D eigenvalue weighted by atomic mass is 35.5. The van der Waals surface area contributed by atoms with E-state index in [1.54, 1.807) is 12.1 Å². The van der Waals surface area contributed by atoms with Crippen LogP contribution in [0.4, 0.5) is 0 Å². The Hall–Kier alpha value is -2.04. The number of hydrogen-bond acceptors (Lipinski definition) is 3. The zero-order chi connectivity index (χ0) is 17.5. The molecule has 1 atom stereocenters. The van der Waals surface area contributed by atoms with Gasteiger partial charge in [-0.25, -0.2) is 0 Å². The van der Waals surface area contributed by atoms with Crippen LogP contribution in [0.5, 0.6) is 5.75 Å². The van der Waals surface area contributed by atoms with Crippen molar-refractivity contribution in [2.45, 2.75) is 33.4 Å². The molecule has 0 spiro atoms. The van der Waals surface area contributed by atoms with Gasteiger partial charge in [-0.2, -0.15) is 0 Å². The Morgan fingerprint density at radius 3 is 2.16 bits per heavy atom. The summed E-state index contributed by atoms with van der Waals surface area (Å²) >= 11 is 0. The molecular weight excluding hydrogens is 336 g/mol. The summed E-state index contributed by atoms with van der Waals surface area (Å²) in [5, 5.41) is 3.01. The normalized spacial score (nSPS) is 11.6. The second-order valence-corrected chi connectivity index (χ2v) is 6.37. The predicted octanol–water partition coefficient (Wildman–Crippen LogP) is 4.09. The molecule has 3 N–H and O–H groups in total. The number of amides is 1. The van der Waals surface area contributed by atoms with Crippen LogP contribution in [0.3, 0.4) is 0 Å². The van der Waals surface area contributed by atoms with Gasteiger partial charge in [0.2, 0.25) is 0 Å². The largest absolute Gasteiger partial charge is 0.493 e. The molecule has 0 aliphatic carbocycles. The molecular formula is C20H27ClN2O2. The van der Waals surface area contributed by atoms with Crippen LogP contribution in [0.15, 0.2) is 48.5 Å². The minimum Gasteiger partial charge on any atom is -0.493 e. The Kier molecular flexibility index (Phi) is 8.46. The Morgan fingerprint density at radius 1 is 1.04 bits per heavy atom. The van der Waals surface area contributed by atoms with E-state index in [9.17, 15) is 4.79 Å². The fourth-order valence-corrected chi connectivity index (χ4v) is 2.27. The first-order chi connectivity index (χ1) is 11.5. The third kappa shape index (κ3) is 6.40. The van der Waals surface area contributed by atoms with Crippen molar-refractivity contribution in [2.24, 2.45) is 11.7 Å². The lowest BCUT2D eigenvalue weighted by atomic mass is 10.1. The fourth-order valence-electron chi connectivity index (χ4n) is 2.27. The van der Waals surface area contributed by atoms with E-state index in [1.165, 1.54) is 0 Å². The van der Waals surface area contributed by atoms with E-state index in [-0.39, 0.29) is 24.4 Å². The van der Waals surface area contributed by atoms with Crippen LogP contribution in [0.1, 0.15) is 48.3 Å². The van der Waals surface area contributed by atoms with E-state index >= 15 is 0 Å². The molecule has 2 aromatic carbocycles. The summed E-state index contributed by atoms with van der Waals surface area (Å²) < 4.78 is 5.68. The Balaban J connectivity index is 0.00000312. The minimum atomic E-state index is -0.0915. The second-order valence-electron chi connectivity index (χ2n) is 6.37. The lowest BCUT2D eigenvalue weighted by molar-refractivity contribution is 0.0940. The van der Waals surface area contributed by atoms with Gasteiger partial charge in [0.05, 0.1) is 12.6 Å². The average molecular weight is 363 g/mol. The number of nitrogens with two attached hydrogens (primary N) is 1. The molecule has 0 fully saturated rings. The van der Waals surface area contributed by atoms with Crippen molar-refractivity contribution in [2.75, 3.05) is 6.61 Å². The summed E-state index contributed by atoms with van der Waals surface area (Å²) in [6, 6.07) is 15.1. The maximum atomic E-state index is 12.3. The zero-order valence-electron chi connectivity index (χ0n) is 15.0. The number of carbonyl (C=O) groups is 1. The maximum absolute atomic E-state index is 12.3. The van der Waals surface area contributed by atoms with Crippen molar-refractivity contribution in [3.05, 3.63) is 65.2 Å². The predicted molar refractivity (Wildman–Crippen MR) is 104 cm³/mol. The van der Waals surface area contributed by atoms with Gasteiger partial charge in [0, 0.05) is 12.1 Å². The lowest BCUT2D eigenvalue weighted by Gasteiger charge is -2.15. The van der Waals surface area contributed by atoms with E-state index in [2.05, 4.69) is 19.2 Å². The fraction of sp³-hybridized carbons (Fsp3) is 0.350. The molecule has 0 bridgehead atoms. The van der Waals surface area contributed by atoms with Crippen LogP contribution in [0.2, 0.25) is 0 Å². The van der Waals surface area contributed by atoms with Crippen molar-refractivity contribution in [1.82, 2.24) is 5.32 Å². The second kappa shape index (κ2) is 10.1. The highest BCUT2D eigenvalue weighted by Crippen LogP contribution is 2.18. The van der Waals surface area contributed by atoms with E-state index < -0.39 is 0 Å². The molecule has 1 amide bonds. The number of hydrogen-bond donors (Lipinski definition) is 2. The molecule has 0 saturated carbocycles. The number of ether oxygens (including phenoxy) is 1. The first-order valence-corrected chi connectivity index (χ1v) is 8.32. The number of benzene rings is 2. The van der Waals surface area contributed by atoms with Crippen molar-refractivity contribution < 1.29 is 9.53 Å². The highest BCUT2D eigenvalue weighted by molar-refractivity contribution is 5.94. The summed E-state index contributed by atoms with van der Waals surface area (Å²) in [4.78, 5) is 12.3. The van der Waals surface area contributed by atoms with Crippen molar-refractivity contribution in [3.8, 4) is 5.75 Å². The summed E-state index contributed by atoms with van der Waals surface area (Å²) in [5.74, 6) is 1.25. The molecule has 2 aromatic rings. The number of nitrogens with one attached hydrogen (secondary N) is 1. The minimum absolute atomic E-state index is 0. The summed E-state index contributed by atoms with van der Waals surface area (Å²) in [6.45, 7) is 7.38. The molecule has 2 rings (SSSR count). The van der Waals surface area contributed by atoms with E-state index in [4.69, 9.17) is 10.5 Å². The zero-order valence-corrected chi connectivity index (χ0v) is 15.8. The SMILES string of the molecule is CC(C)COc1ccc(C(C)NC(=O)c2ccc(CN)cc2)cc1.Cl. The van der Waals surface area contributed by atoms with Crippen LogP contribution in [-0.4, -0.2) is 12.5 Å². The van der Waals surface area contributed by atoms with E-state index in [0.717, 1.165) is 16.9 Å². The van der Waals surface area contributed by atoms with Gasteiger partial charge in [-0.05, 0) is 48.2 Å². The maximum Gasteiger partial charge on any atom is 0.251 e. The summed E-state index contributed by atoms with van der Waals surface area (Å²) in [5.41, 5.74) is 8.26. The van der Waals surface area contributed by atoms with Gasteiger partial charge in [0.25, 0.3) is 5.91 Å². The Morgan fingerprint density at radius 2 is 1.64 bits per heavy atom. The number of carbonyl (C=O) groups excluding carboxylic acids is 1. The van der Waals surface area contributed by atoms with Gasteiger partial charge >= 0.3 is 0 Å². The smallest absolute Gasteiger partial charge is 0.251 e. The molecule has 0 saturated heterocycles. The Bertz CT molecular complexity index is 654. The molecule has 0 aliphatic rings. The molecule has 1 unspecified atom stereocenters. The highest BCUT2D eigenvalue weighted by Gasteiger charge is 2.11. The number of halogens is 1. The summed E-state index contributed by atoms with van der Waals surface area (Å²) in [7, 11) is 0. The van der Waals surface area contributed by atoms with Gasteiger partial charge in [-0.15, -0.1) is 12.4 Å². The van der Waals surface area contributed by atoms with Gasteiger partial charge in [-0.3, -0.25) is 4.79 Å². The van der Waals surface area contributed by atoms with Gasteiger partial charge in [0.15, 0.2) is 0 Å². The van der Waals surface area contributed by atoms with Crippen LogP contribution in [-0.2, 0) is 6.54 Å². The van der Waals surface area contributed by atoms with Crippen LogP contribution >= 0.6 is 12.4 Å². The average Bonchev–Trinajstić information content (AvgIpc) is 2.60. The number of rotatable bonds is 7. The van der Waals surface area contributed by atoms with Gasteiger partial charge in [-0.1, -0.05) is 38.1 Å². The molecule has 25 heavy (non-hydrogen) atoms. The topological polar surface area (TPSA) is 64.3 Å². The van der Waals surface area contributed by atoms with Crippen LogP contribution in [0, 0.1) is 5.92 Å². The first kappa shape index (κ1) is 21.0. The van der Waals surface area contributed by atoms with Crippen molar-refractivity contribution >= 4 is 18.3 Å². The third-order valence-corrected chi connectivity index (χ3v) is 3.76. The monoisotopic (exact) mass is 362 g/mol. The molecule has 136 valence electrons. The van der Waals surface area contributed by atoms with E-state index in [0.29, 0.717) is 24.6 Å². The van der Waals surface area contributed by atoms with Gasteiger partial charge < -0.3 is 15.8 Å². The molecule has 0 heterocycles. The standard InChI is InChI=1S/C20H26N2O2.ClH/c1-14(2)13-24-19-10-8-17(9-11-19)15(3)22-20(23)18-6-4-16(12-21)5-7-18;/h4-11,14-15H,12-13,21H2,1-3H3,(H,22,23);1H. The quantitative estimate of drug-likeness (QED) is 0.779. The molecule has 0 aromatic heterocycles. The molecule has 0 radical (unpaired) electrons. The lowest BCUT2D eigenvalue weighted by Crippen LogP contribution is -2.26. The first-order valence-electron chi connectivity index (χ1n) is 8.32. The van der Waals surface area contributed by atoms with Crippen molar-refractivity contribution in [3.63, 3.8) is 0 Å². The Labute approximate surface area is 156 Å². The summed E-state index contributed by atoms with van der Waals surface area (Å²) in [6.07, 6.45) is 0.